The molecule has 0 bridgehead atoms. The maximum Gasteiger partial charge on any atom is 0.246 e. The molecule has 0 N–H and O–H groups in total. The smallest absolute Gasteiger partial charge is 0.246 e. The van der Waals surface area contributed by atoms with Gasteiger partial charge in [0.25, 0.3) is 0 Å². The number of carbonyl (C=O) groups excluding carboxylic acids is 1. The Morgan fingerprint density at radius 1 is 1.10 bits per heavy atom. The maximum absolute atomic E-state index is 13.2. The number of methoxy groups -OCH3 is 1. The topological polar surface area (TPSA) is 76.2 Å². The van der Waals surface area contributed by atoms with E-state index in [9.17, 15) is 13.2 Å². The summed E-state index contributed by atoms with van der Waals surface area (Å²) >= 11 is 0. The molecule has 1 saturated carbocycles. The normalized spacial score (nSPS) is 25.4. The summed E-state index contributed by atoms with van der Waals surface area (Å²) in [6.45, 7) is 2.22. The van der Waals surface area contributed by atoms with Crippen LogP contribution in [-0.2, 0) is 19.6 Å². The van der Waals surface area contributed by atoms with Gasteiger partial charge >= 0.3 is 0 Å². The summed E-state index contributed by atoms with van der Waals surface area (Å²) in [6.07, 6.45) is 10.4. The van der Waals surface area contributed by atoms with E-state index in [1.54, 1.807) is 30.4 Å². The molecule has 8 heteroatoms. The molecule has 2 aliphatic heterocycles. The molecule has 0 radical (unpaired) electrons. The van der Waals surface area contributed by atoms with Gasteiger partial charge in [0.15, 0.2) is 0 Å². The first-order valence-electron chi connectivity index (χ1n) is 11.3. The Balaban J connectivity index is 1.54. The molecule has 1 aromatic rings. The largest absolute Gasteiger partial charge is 0.495 e. The Kier molecular flexibility index (Phi) is 6.99. The van der Waals surface area contributed by atoms with Gasteiger partial charge in [-0.25, -0.2) is 8.42 Å². The lowest BCUT2D eigenvalue weighted by Gasteiger charge is -2.43. The molecule has 2 saturated heterocycles. The van der Waals surface area contributed by atoms with Crippen molar-refractivity contribution >= 4 is 22.0 Å². The van der Waals surface area contributed by atoms with E-state index in [1.807, 2.05) is 4.90 Å². The molecule has 1 amide bonds. The Bertz CT molecular complexity index is 922. The molecule has 4 rings (SSSR count). The summed E-state index contributed by atoms with van der Waals surface area (Å²) in [5.41, 5.74) is 0.665. The zero-order valence-electron chi connectivity index (χ0n) is 18.2. The average Bonchev–Trinajstić information content (AvgIpc) is 2.82. The highest BCUT2D eigenvalue weighted by atomic mass is 32.2. The van der Waals surface area contributed by atoms with Gasteiger partial charge in [-0.1, -0.05) is 18.9 Å². The minimum Gasteiger partial charge on any atom is -0.495 e. The maximum atomic E-state index is 13.2. The molecule has 1 aromatic carbocycles. The molecule has 2 atom stereocenters. The Labute approximate surface area is 185 Å². The summed E-state index contributed by atoms with van der Waals surface area (Å²) in [6, 6.07) is 5.37. The van der Waals surface area contributed by atoms with E-state index in [0.717, 1.165) is 19.4 Å². The second kappa shape index (κ2) is 9.71. The van der Waals surface area contributed by atoms with Gasteiger partial charge in [0.2, 0.25) is 15.9 Å². The van der Waals surface area contributed by atoms with E-state index in [-0.39, 0.29) is 10.8 Å². The SMILES string of the molecule is COc1ccc(/C=C/C(=O)N2CCCC3CCCCC32)cc1S(=O)(=O)N1CCOCC1. The fourth-order valence-corrected chi connectivity index (χ4v) is 6.68. The third-order valence-corrected chi connectivity index (χ3v) is 8.64. The van der Waals surface area contributed by atoms with Crippen molar-refractivity contribution in [1.82, 2.24) is 9.21 Å². The Morgan fingerprint density at radius 3 is 2.61 bits per heavy atom. The zero-order chi connectivity index (χ0) is 21.8. The molecule has 2 heterocycles. The van der Waals surface area contributed by atoms with Gasteiger partial charge in [-0.15, -0.1) is 0 Å². The molecule has 2 unspecified atom stereocenters. The number of morpholine rings is 1. The molecular formula is C23H32N2O5S. The highest BCUT2D eigenvalue weighted by Gasteiger charge is 2.35. The molecule has 3 fully saturated rings. The van der Waals surface area contributed by atoms with E-state index in [0.29, 0.717) is 49.6 Å². The number of sulfonamides is 1. The van der Waals surface area contributed by atoms with Gasteiger partial charge in [-0.05, 0) is 55.4 Å². The van der Waals surface area contributed by atoms with Crippen LogP contribution >= 0.6 is 0 Å². The van der Waals surface area contributed by atoms with Gasteiger partial charge in [-0.3, -0.25) is 4.79 Å². The van der Waals surface area contributed by atoms with E-state index < -0.39 is 10.0 Å². The molecule has 0 spiro atoms. The number of likely N-dealkylation sites (tertiary alicyclic amines) is 1. The lowest BCUT2D eigenvalue weighted by atomic mass is 9.78. The number of hydrogen-bond acceptors (Lipinski definition) is 5. The average molecular weight is 449 g/mol. The fourth-order valence-electron chi connectivity index (χ4n) is 5.09. The number of fused-ring (bicyclic) bond motifs is 1. The number of piperidine rings is 1. The predicted molar refractivity (Wildman–Crippen MR) is 118 cm³/mol. The summed E-state index contributed by atoms with van der Waals surface area (Å²) in [5.74, 6) is 0.951. The van der Waals surface area contributed by atoms with Crippen LogP contribution in [0, 0.1) is 5.92 Å². The second-order valence-corrected chi connectivity index (χ2v) is 10.5. The van der Waals surface area contributed by atoms with Gasteiger partial charge in [0.1, 0.15) is 10.6 Å². The third kappa shape index (κ3) is 4.81. The number of ether oxygens (including phenoxy) is 2. The van der Waals surface area contributed by atoms with Crippen molar-refractivity contribution in [2.45, 2.75) is 49.5 Å². The lowest BCUT2D eigenvalue weighted by molar-refractivity contribution is -0.132. The Hall–Kier alpha value is -1.90. The van der Waals surface area contributed by atoms with Gasteiger partial charge < -0.3 is 14.4 Å². The molecule has 1 aliphatic carbocycles. The zero-order valence-corrected chi connectivity index (χ0v) is 19.0. The second-order valence-electron chi connectivity index (χ2n) is 8.55. The van der Waals surface area contributed by atoms with Crippen molar-refractivity contribution in [3.8, 4) is 5.75 Å². The van der Waals surface area contributed by atoms with Crippen molar-refractivity contribution < 1.29 is 22.7 Å². The monoisotopic (exact) mass is 448 g/mol. The molecule has 7 nitrogen and oxygen atoms in total. The quantitative estimate of drug-likeness (QED) is 0.648. The van der Waals surface area contributed by atoms with Crippen LogP contribution in [0.2, 0.25) is 0 Å². The highest BCUT2D eigenvalue weighted by Crippen LogP contribution is 2.35. The van der Waals surface area contributed by atoms with Crippen LogP contribution in [0.1, 0.15) is 44.1 Å². The van der Waals surface area contributed by atoms with Crippen LogP contribution < -0.4 is 4.74 Å². The summed E-state index contributed by atoms with van der Waals surface area (Å²) in [7, 11) is -2.24. The highest BCUT2D eigenvalue weighted by molar-refractivity contribution is 7.89. The molecular weight excluding hydrogens is 416 g/mol. The van der Waals surface area contributed by atoms with Crippen molar-refractivity contribution in [1.29, 1.82) is 0 Å². The van der Waals surface area contributed by atoms with E-state index in [1.165, 1.54) is 37.1 Å². The summed E-state index contributed by atoms with van der Waals surface area (Å²) in [5, 5.41) is 0. The van der Waals surface area contributed by atoms with Crippen LogP contribution in [-0.4, -0.2) is 69.5 Å². The third-order valence-electron chi connectivity index (χ3n) is 6.72. The van der Waals surface area contributed by atoms with Crippen LogP contribution in [0.5, 0.6) is 5.75 Å². The summed E-state index contributed by atoms with van der Waals surface area (Å²) < 4.78 is 38.3. The number of hydrogen-bond donors (Lipinski definition) is 0. The fraction of sp³-hybridized carbons (Fsp3) is 0.609. The van der Waals surface area contributed by atoms with Gasteiger partial charge in [0.05, 0.1) is 20.3 Å². The van der Waals surface area contributed by atoms with Crippen LogP contribution in [0.3, 0.4) is 0 Å². The number of rotatable bonds is 5. The number of carbonyl (C=O) groups is 1. The van der Waals surface area contributed by atoms with Gasteiger partial charge in [0, 0.05) is 31.8 Å². The molecule has 31 heavy (non-hydrogen) atoms. The molecule has 0 aromatic heterocycles. The van der Waals surface area contributed by atoms with Crippen molar-refractivity contribution in [2.24, 2.45) is 5.92 Å². The van der Waals surface area contributed by atoms with Gasteiger partial charge in [-0.2, -0.15) is 4.31 Å². The van der Waals surface area contributed by atoms with E-state index >= 15 is 0 Å². The number of nitrogens with zero attached hydrogens (tertiary/aromatic N) is 2. The first kappa shape index (κ1) is 22.3. The van der Waals surface area contributed by atoms with Crippen molar-refractivity contribution in [2.75, 3.05) is 40.0 Å². The summed E-state index contributed by atoms with van der Waals surface area (Å²) in [4.78, 5) is 15.1. The minimum absolute atomic E-state index is 0.0185. The number of amides is 1. The van der Waals surface area contributed by atoms with Crippen LogP contribution in [0.4, 0.5) is 0 Å². The predicted octanol–water partition coefficient (Wildman–Crippen LogP) is 2.91. The first-order valence-corrected chi connectivity index (χ1v) is 12.7. The minimum atomic E-state index is -3.70. The first-order chi connectivity index (χ1) is 15.0. The van der Waals surface area contributed by atoms with E-state index in [2.05, 4.69) is 0 Å². The van der Waals surface area contributed by atoms with Crippen molar-refractivity contribution in [3.05, 3.63) is 29.8 Å². The standard InChI is InChI=1S/C23H32N2O5S/c1-29-21-10-8-18(17-22(21)31(27,28)24-13-15-30-16-14-24)9-11-23(26)25-12-4-6-19-5-2-3-7-20(19)25/h8-11,17,19-20H,2-7,12-16H2,1H3/b11-9+. The molecule has 170 valence electrons. The van der Waals surface area contributed by atoms with Crippen LogP contribution in [0.15, 0.2) is 29.2 Å². The lowest BCUT2D eigenvalue weighted by Crippen LogP contribution is -2.49. The van der Waals surface area contributed by atoms with E-state index in [4.69, 9.17) is 9.47 Å². The van der Waals surface area contributed by atoms with Crippen molar-refractivity contribution in [3.63, 3.8) is 0 Å². The van der Waals surface area contributed by atoms with Crippen LogP contribution in [0.25, 0.3) is 6.08 Å². The molecule has 3 aliphatic rings. The number of benzene rings is 1. The Morgan fingerprint density at radius 2 is 1.84 bits per heavy atom.